The van der Waals surface area contributed by atoms with Gasteiger partial charge in [-0.2, -0.15) is 0 Å². The molecule has 0 spiro atoms. The largest absolute Gasteiger partial charge is 0.289 e. The highest BCUT2D eigenvalue weighted by Crippen LogP contribution is 2.28. The van der Waals surface area contributed by atoms with Crippen molar-refractivity contribution in [2.24, 2.45) is 0 Å². The third-order valence-electron chi connectivity index (χ3n) is 4.72. The summed E-state index contributed by atoms with van der Waals surface area (Å²) in [5, 5.41) is 11.2. The predicted octanol–water partition coefficient (Wildman–Crippen LogP) is 3.47. The molecule has 0 bridgehead atoms. The summed E-state index contributed by atoms with van der Waals surface area (Å²) >= 11 is 0. The average molecular weight is 411 g/mol. The third kappa shape index (κ3) is 4.85. The van der Waals surface area contributed by atoms with Crippen molar-refractivity contribution in [1.29, 1.82) is 0 Å². The van der Waals surface area contributed by atoms with Gasteiger partial charge in [-0.15, -0.1) is 0 Å². The number of sulfonamides is 1. The van der Waals surface area contributed by atoms with Gasteiger partial charge < -0.3 is 0 Å². The Morgan fingerprint density at radius 1 is 1.00 bits per heavy atom. The smallest absolute Gasteiger partial charge is 0.261 e. The van der Waals surface area contributed by atoms with E-state index in [4.69, 9.17) is 0 Å². The Labute approximate surface area is 169 Å². The molecule has 1 aromatic heterocycles. The first kappa shape index (κ1) is 20.6. The first-order valence-corrected chi connectivity index (χ1v) is 10.5. The summed E-state index contributed by atoms with van der Waals surface area (Å²) in [4.78, 5) is 14.6. The van der Waals surface area contributed by atoms with E-state index in [1.54, 1.807) is 12.3 Å². The van der Waals surface area contributed by atoms with E-state index in [1.807, 2.05) is 49.4 Å². The third-order valence-corrected chi connectivity index (χ3v) is 6.17. The van der Waals surface area contributed by atoms with Crippen LogP contribution in [0.1, 0.15) is 18.2 Å². The SMILES string of the molecule is CC(CNS(=O)(=O)c1ccccc1[N+](=O)[O-])(Cc1ccccc1)c1ccccn1. The van der Waals surface area contributed by atoms with Crippen molar-refractivity contribution in [3.8, 4) is 0 Å². The van der Waals surface area contributed by atoms with E-state index in [0.29, 0.717) is 6.42 Å². The Balaban J connectivity index is 1.92. The van der Waals surface area contributed by atoms with E-state index >= 15 is 0 Å². The zero-order valence-corrected chi connectivity index (χ0v) is 16.7. The molecular formula is C21H21N3O4S. The lowest BCUT2D eigenvalue weighted by atomic mass is 9.80. The number of nitrogens with one attached hydrogen (secondary N) is 1. The Kier molecular flexibility index (Phi) is 6.05. The number of hydrogen-bond acceptors (Lipinski definition) is 5. The van der Waals surface area contributed by atoms with Crippen LogP contribution in [0, 0.1) is 10.1 Å². The number of nitro benzene ring substituents is 1. The number of rotatable bonds is 8. The molecule has 1 atom stereocenters. The van der Waals surface area contributed by atoms with Crippen LogP contribution >= 0.6 is 0 Å². The van der Waals surface area contributed by atoms with Crippen LogP contribution in [0.15, 0.2) is 83.9 Å². The molecule has 3 aromatic rings. The van der Waals surface area contributed by atoms with Gasteiger partial charge in [0.25, 0.3) is 5.69 Å². The second-order valence-electron chi connectivity index (χ2n) is 6.99. The molecule has 0 saturated carbocycles. The summed E-state index contributed by atoms with van der Waals surface area (Å²) in [5.41, 5.74) is 0.654. The Morgan fingerprint density at radius 3 is 2.31 bits per heavy atom. The Hall–Kier alpha value is -3.10. The van der Waals surface area contributed by atoms with E-state index in [9.17, 15) is 18.5 Å². The van der Waals surface area contributed by atoms with Crippen LogP contribution in [-0.4, -0.2) is 24.9 Å². The maximum absolute atomic E-state index is 12.9. The van der Waals surface area contributed by atoms with Crippen LogP contribution in [0.5, 0.6) is 0 Å². The lowest BCUT2D eigenvalue weighted by Crippen LogP contribution is -2.41. The summed E-state index contributed by atoms with van der Waals surface area (Å²) in [6, 6.07) is 20.5. The molecule has 0 fully saturated rings. The molecule has 8 heteroatoms. The highest BCUT2D eigenvalue weighted by atomic mass is 32.2. The van der Waals surface area contributed by atoms with Crippen LogP contribution in [0.4, 0.5) is 5.69 Å². The van der Waals surface area contributed by atoms with Gasteiger partial charge in [-0.1, -0.05) is 55.5 Å². The molecular weight excluding hydrogens is 390 g/mol. The van der Waals surface area contributed by atoms with Gasteiger partial charge in [0.05, 0.1) is 4.92 Å². The first-order chi connectivity index (χ1) is 13.8. The second kappa shape index (κ2) is 8.50. The van der Waals surface area contributed by atoms with Gasteiger partial charge in [0, 0.05) is 29.9 Å². The molecule has 0 radical (unpaired) electrons. The molecule has 0 saturated heterocycles. The van der Waals surface area contributed by atoms with E-state index < -0.39 is 26.0 Å². The summed E-state index contributed by atoms with van der Waals surface area (Å²) in [7, 11) is -4.09. The summed E-state index contributed by atoms with van der Waals surface area (Å²) < 4.78 is 28.3. The van der Waals surface area contributed by atoms with Crippen molar-refractivity contribution in [3.05, 3.63) is 100 Å². The van der Waals surface area contributed by atoms with E-state index in [0.717, 1.165) is 11.3 Å². The Morgan fingerprint density at radius 2 is 1.66 bits per heavy atom. The topological polar surface area (TPSA) is 102 Å². The summed E-state index contributed by atoms with van der Waals surface area (Å²) in [5.74, 6) is 0. The molecule has 1 unspecified atom stereocenters. The molecule has 3 rings (SSSR count). The fourth-order valence-corrected chi connectivity index (χ4v) is 4.52. The minimum absolute atomic E-state index is 0.0350. The lowest BCUT2D eigenvalue weighted by Gasteiger charge is -2.29. The lowest BCUT2D eigenvalue weighted by molar-refractivity contribution is -0.387. The summed E-state index contributed by atoms with van der Waals surface area (Å²) in [6.45, 7) is 1.96. The molecule has 2 aromatic carbocycles. The zero-order chi connectivity index (χ0) is 20.9. The van der Waals surface area contributed by atoms with Crippen molar-refractivity contribution in [2.75, 3.05) is 6.54 Å². The van der Waals surface area contributed by atoms with E-state index in [2.05, 4.69) is 9.71 Å². The number of nitro groups is 1. The number of nitrogens with zero attached hydrogens (tertiary/aromatic N) is 2. The molecule has 0 aliphatic rings. The molecule has 0 aliphatic heterocycles. The highest BCUT2D eigenvalue weighted by Gasteiger charge is 2.32. The van der Waals surface area contributed by atoms with E-state index in [-0.39, 0.29) is 11.4 Å². The van der Waals surface area contributed by atoms with Crippen LogP contribution in [0.3, 0.4) is 0 Å². The fraction of sp³-hybridized carbons (Fsp3) is 0.190. The molecule has 1 N–H and O–H groups in total. The molecule has 0 aliphatic carbocycles. The predicted molar refractivity (Wildman–Crippen MR) is 110 cm³/mol. The quantitative estimate of drug-likeness (QED) is 0.452. The zero-order valence-electron chi connectivity index (χ0n) is 15.9. The van der Waals surface area contributed by atoms with Gasteiger partial charge in [-0.3, -0.25) is 15.1 Å². The van der Waals surface area contributed by atoms with Gasteiger partial charge in [-0.05, 0) is 30.2 Å². The van der Waals surface area contributed by atoms with Gasteiger partial charge in [-0.25, -0.2) is 13.1 Å². The van der Waals surface area contributed by atoms with Crippen molar-refractivity contribution in [1.82, 2.24) is 9.71 Å². The molecule has 1 heterocycles. The summed E-state index contributed by atoms with van der Waals surface area (Å²) in [6.07, 6.45) is 2.21. The van der Waals surface area contributed by atoms with Crippen LogP contribution in [0.2, 0.25) is 0 Å². The monoisotopic (exact) mass is 411 g/mol. The molecule has 7 nitrogen and oxygen atoms in total. The number of pyridine rings is 1. The van der Waals surface area contributed by atoms with E-state index in [1.165, 1.54) is 24.3 Å². The fourth-order valence-electron chi connectivity index (χ4n) is 3.18. The van der Waals surface area contributed by atoms with Crippen molar-refractivity contribution in [3.63, 3.8) is 0 Å². The standard InChI is InChI=1S/C21H21N3O4S/c1-21(20-13-7-8-14-22-20,15-17-9-3-2-4-10-17)16-23-29(27,28)19-12-6-5-11-18(19)24(25)26/h2-14,23H,15-16H2,1H3. The molecule has 0 amide bonds. The average Bonchev–Trinajstić information content (AvgIpc) is 2.74. The minimum atomic E-state index is -4.09. The normalized spacial score (nSPS) is 13.6. The second-order valence-corrected chi connectivity index (χ2v) is 8.72. The molecule has 29 heavy (non-hydrogen) atoms. The number of para-hydroxylation sites is 1. The van der Waals surface area contributed by atoms with Crippen molar-refractivity contribution < 1.29 is 13.3 Å². The van der Waals surface area contributed by atoms with Gasteiger partial charge in [0.2, 0.25) is 10.0 Å². The molecule has 150 valence electrons. The van der Waals surface area contributed by atoms with Gasteiger partial charge in [0.15, 0.2) is 4.90 Å². The maximum Gasteiger partial charge on any atom is 0.289 e. The maximum atomic E-state index is 12.9. The number of hydrogen-bond donors (Lipinski definition) is 1. The van der Waals surface area contributed by atoms with Gasteiger partial charge >= 0.3 is 0 Å². The van der Waals surface area contributed by atoms with Crippen LogP contribution in [-0.2, 0) is 21.9 Å². The Bertz CT molecular complexity index is 1090. The highest BCUT2D eigenvalue weighted by molar-refractivity contribution is 7.89. The van der Waals surface area contributed by atoms with Crippen molar-refractivity contribution in [2.45, 2.75) is 23.7 Å². The number of benzene rings is 2. The van der Waals surface area contributed by atoms with Crippen LogP contribution in [0.25, 0.3) is 0 Å². The first-order valence-electron chi connectivity index (χ1n) is 9.00. The minimum Gasteiger partial charge on any atom is -0.261 e. The van der Waals surface area contributed by atoms with Gasteiger partial charge in [0.1, 0.15) is 0 Å². The number of aromatic nitrogens is 1. The van der Waals surface area contributed by atoms with Crippen molar-refractivity contribution >= 4 is 15.7 Å². The van der Waals surface area contributed by atoms with Crippen LogP contribution < -0.4 is 4.72 Å².